The Balaban J connectivity index is 1.54. The normalized spacial score (nSPS) is 38.0. The lowest BCUT2D eigenvalue weighted by molar-refractivity contribution is -0.186. The van der Waals surface area contributed by atoms with Crippen LogP contribution in [0.2, 0.25) is 0 Å². The summed E-state index contributed by atoms with van der Waals surface area (Å²) in [4.78, 5) is 37.0. The predicted molar refractivity (Wildman–Crippen MR) is 129 cm³/mol. The Bertz CT molecular complexity index is 763. The molecule has 0 aromatic rings. The molecule has 6 N–H and O–H groups in total. The second kappa shape index (κ2) is 12.0. The van der Waals surface area contributed by atoms with Gasteiger partial charge in [0, 0.05) is 25.6 Å². The molecule has 0 spiro atoms. The Hall–Kier alpha value is -1.71. The highest BCUT2D eigenvalue weighted by Gasteiger charge is 2.57. The zero-order valence-electron chi connectivity index (χ0n) is 20.8. The van der Waals surface area contributed by atoms with Crippen molar-refractivity contribution < 1.29 is 28.6 Å². The largest absolute Gasteiger partial charge is 0.462 e. The van der Waals surface area contributed by atoms with Crippen LogP contribution in [-0.2, 0) is 28.6 Å². The summed E-state index contributed by atoms with van der Waals surface area (Å²) in [5.41, 5.74) is 16.7. The predicted octanol–water partition coefficient (Wildman–Crippen LogP) is 1.64. The number of fused-ring (bicyclic) bond motifs is 5. The van der Waals surface area contributed by atoms with E-state index in [1.165, 1.54) is 0 Å². The van der Waals surface area contributed by atoms with Crippen LogP contribution in [0.3, 0.4) is 0 Å². The Morgan fingerprint density at radius 3 is 1.86 bits per heavy atom. The van der Waals surface area contributed by atoms with Crippen LogP contribution in [0.5, 0.6) is 0 Å². The maximum Gasteiger partial charge on any atom is 0.307 e. The molecule has 4 rings (SSSR count). The second-order valence-corrected chi connectivity index (χ2v) is 11.0. The third kappa shape index (κ3) is 6.00. The summed E-state index contributed by atoms with van der Waals surface area (Å²) in [5.74, 6) is 1.37. The van der Waals surface area contributed by atoms with E-state index in [1.54, 1.807) is 0 Å². The van der Waals surface area contributed by atoms with Crippen LogP contribution in [0.15, 0.2) is 0 Å². The van der Waals surface area contributed by atoms with Gasteiger partial charge in [-0.05, 0) is 74.5 Å². The van der Waals surface area contributed by atoms with E-state index in [0.29, 0.717) is 36.1 Å². The Labute approximate surface area is 208 Å². The molecule has 9 nitrogen and oxygen atoms in total. The van der Waals surface area contributed by atoms with E-state index >= 15 is 0 Å². The van der Waals surface area contributed by atoms with E-state index < -0.39 is 0 Å². The van der Waals surface area contributed by atoms with Crippen molar-refractivity contribution in [1.29, 1.82) is 0 Å². The zero-order valence-corrected chi connectivity index (χ0v) is 20.8. The van der Waals surface area contributed by atoms with E-state index in [0.717, 1.165) is 51.4 Å². The van der Waals surface area contributed by atoms with Gasteiger partial charge < -0.3 is 31.4 Å². The van der Waals surface area contributed by atoms with Gasteiger partial charge in [-0.3, -0.25) is 14.4 Å². The number of nitrogens with two attached hydrogens (primary N) is 3. The van der Waals surface area contributed by atoms with Crippen LogP contribution in [0.4, 0.5) is 0 Å². The summed E-state index contributed by atoms with van der Waals surface area (Å²) >= 11 is 0. The second-order valence-electron chi connectivity index (χ2n) is 11.0. The number of hydrogen-bond donors (Lipinski definition) is 3. The standard InChI is InChI=1S/C26H43N3O6/c27-9-6-23(30)33-16-4-5-17-15(12-16)13-22(35-25(32)8-11-29)26-19-3-1-2-18(19)21(14-20(17)26)34-24(31)7-10-28/h15-22,26H,1-14,27-29H2. The first-order valence-electron chi connectivity index (χ1n) is 13.6. The molecule has 4 aliphatic carbocycles. The van der Waals surface area contributed by atoms with Crippen molar-refractivity contribution in [2.75, 3.05) is 19.6 Å². The molecular weight excluding hydrogens is 450 g/mol. The summed E-state index contributed by atoms with van der Waals surface area (Å²) in [6, 6.07) is 0. The first-order valence-corrected chi connectivity index (χ1v) is 13.6. The monoisotopic (exact) mass is 493 g/mol. The molecule has 0 amide bonds. The third-order valence-corrected chi connectivity index (χ3v) is 9.01. The van der Waals surface area contributed by atoms with Gasteiger partial charge in [0.05, 0.1) is 19.3 Å². The van der Waals surface area contributed by atoms with Crippen molar-refractivity contribution in [3.63, 3.8) is 0 Å². The lowest BCUT2D eigenvalue weighted by Crippen LogP contribution is -2.56. The highest BCUT2D eigenvalue weighted by atomic mass is 16.6. The van der Waals surface area contributed by atoms with Crippen LogP contribution in [0.1, 0.15) is 70.6 Å². The van der Waals surface area contributed by atoms with Gasteiger partial charge in [0.15, 0.2) is 0 Å². The number of hydrogen-bond acceptors (Lipinski definition) is 9. The van der Waals surface area contributed by atoms with Crippen LogP contribution in [0.25, 0.3) is 0 Å². The molecule has 0 aliphatic heterocycles. The van der Waals surface area contributed by atoms with Crippen molar-refractivity contribution in [1.82, 2.24) is 0 Å². The summed E-state index contributed by atoms with van der Waals surface area (Å²) in [7, 11) is 0. The molecule has 4 saturated carbocycles. The Morgan fingerprint density at radius 2 is 1.20 bits per heavy atom. The first kappa shape index (κ1) is 26.4. The third-order valence-electron chi connectivity index (χ3n) is 9.01. The van der Waals surface area contributed by atoms with Gasteiger partial charge in [0.1, 0.15) is 18.3 Å². The molecule has 0 bridgehead atoms. The highest BCUT2D eigenvalue weighted by molar-refractivity contribution is 5.70. The number of rotatable bonds is 9. The van der Waals surface area contributed by atoms with E-state index in [4.69, 9.17) is 31.4 Å². The van der Waals surface area contributed by atoms with Crippen LogP contribution >= 0.6 is 0 Å². The van der Waals surface area contributed by atoms with Gasteiger partial charge >= 0.3 is 17.9 Å². The molecule has 0 radical (unpaired) electrons. The minimum atomic E-state index is -0.242. The molecule has 35 heavy (non-hydrogen) atoms. The van der Waals surface area contributed by atoms with Gasteiger partial charge in [0.2, 0.25) is 0 Å². The minimum Gasteiger partial charge on any atom is -0.462 e. The van der Waals surface area contributed by atoms with Crippen LogP contribution < -0.4 is 17.2 Å². The molecule has 9 unspecified atom stereocenters. The van der Waals surface area contributed by atoms with E-state index in [2.05, 4.69) is 0 Å². The molecular formula is C26H43N3O6. The molecule has 0 aromatic heterocycles. The van der Waals surface area contributed by atoms with Gasteiger partial charge in [0.25, 0.3) is 0 Å². The average molecular weight is 494 g/mol. The molecule has 0 aromatic carbocycles. The van der Waals surface area contributed by atoms with E-state index in [1.807, 2.05) is 0 Å². The number of carbonyl (C=O) groups excluding carboxylic acids is 3. The lowest BCUT2D eigenvalue weighted by Gasteiger charge is -2.56. The fourth-order valence-electron chi connectivity index (χ4n) is 7.84. The fraction of sp³-hybridized carbons (Fsp3) is 0.885. The number of esters is 3. The van der Waals surface area contributed by atoms with Crippen molar-refractivity contribution in [3.8, 4) is 0 Å². The molecule has 0 heterocycles. The topological polar surface area (TPSA) is 157 Å². The minimum absolute atomic E-state index is 0.0953. The van der Waals surface area contributed by atoms with Gasteiger partial charge in [-0.2, -0.15) is 0 Å². The average Bonchev–Trinajstić information content (AvgIpc) is 3.29. The van der Waals surface area contributed by atoms with Gasteiger partial charge in [-0.1, -0.05) is 6.42 Å². The zero-order chi connectivity index (χ0) is 24.9. The van der Waals surface area contributed by atoms with E-state index in [9.17, 15) is 14.4 Å². The fourth-order valence-corrected chi connectivity index (χ4v) is 7.84. The Morgan fingerprint density at radius 1 is 0.600 bits per heavy atom. The summed E-state index contributed by atoms with van der Waals surface area (Å²) < 4.78 is 17.8. The van der Waals surface area contributed by atoms with E-state index in [-0.39, 0.29) is 74.5 Å². The van der Waals surface area contributed by atoms with Gasteiger partial charge in [-0.25, -0.2) is 0 Å². The molecule has 9 heteroatoms. The molecule has 4 fully saturated rings. The number of ether oxygens (including phenoxy) is 3. The molecule has 9 atom stereocenters. The van der Waals surface area contributed by atoms with Gasteiger partial charge in [-0.15, -0.1) is 0 Å². The highest BCUT2D eigenvalue weighted by Crippen LogP contribution is 2.59. The van der Waals surface area contributed by atoms with Crippen molar-refractivity contribution in [3.05, 3.63) is 0 Å². The first-order chi connectivity index (χ1) is 16.9. The van der Waals surface area contributed by atoms with Crippen molar-refractivity contribution >= 4 is 17.9 Å². The van der Waals surface area contributed by atoms with Crippen LogP contribution in [0, 0.1) is 35.5 Å². The number of carbonyl (C=O) groups is 3. The maximum atomic E-state index is 12.5. The lowest BCUT2D eigenvalue weighted by atomic mass is 9.52. The summed E-state index contributed by atoms with van der Waals surface area (Å²) in [6.45, 7) is 0.850. The smallest absolute Gasteiger partial charge is 0.307 e. The van der Waals surface area contributed by atoms with Crippen molar-refractivity contribution in [2.45, 2.75) is 88.9 Å². The summed E-state index contributed by atoms with van der Waals surface area (Å²) in [6.07, 6.45) is 7.75. The molecule has 4 aliphatic rings. The quantitative estimate of drug-likeness (QED) is 0.321. The maximum absolute atomic E-state index is 12.5. The van der Waals surface area contributed by atoms with Crippen molar-refractivity contribution in [2.24, 2.45) is 52.7 Å². The molecule has 198 valence electrons. The summed E-state index contributed by atoms with van der Waals surface area (Å²) in [5, 5.41) is 0. The molecule has 0 saturated heterocycles. The Kier molecular flexibility index (Phi) is 9.05. The van der Waals surface area contributed by atoms with Crippen LogP contribution in [-0.4, -0.2) is 55.9 Å². The SMILES string of the molecule is NCCC(=O)OC1CCC2C(C1)CC(OC(=O)CCN)C1C2CC(OC(=O)CCN)C2CCCC21.